The summed E-state index contributed by atoms with van der Waals surface area (Å²) in [6, 6.07) is 0.418. The number of amides is 1. The number of hydrogen-bond acceptors (Lipinski definition) is 6. The minimum absolute atomic E-state index is 0.285. The molecule has 1 saturated heterocycles. The van der Waals surface area contributed by atoms with Crippen molar-refractivity contribution in [1.29, 1.82) is 0 Å². The predicted octanol–water partition coefficient (Wildman–Crippen LogP) is 3.27. The molecule has 3 fully saturated rings. The number of anilines is 2. The van der Waals surface area contributed by atoms with E-state index in [4.69, 9.17) is 5.73 Å². The highest BCUT2D eigenvalue weighted by Gasteiger charge is 2.35. The number of nitrogens with one attached hydrogen (secondary N) is 1. The normalized spacial score (nSPS) is 29.0. The van der Waals surface area contributed by atoms with Crippen LogP contribution in [0.3, 0.4) is 0 Å². The van der Waals surface area contributed by atoms with Crippen molar-refractivity contribution in [2.75, 3.05) is 42.9 Å². The van der Waals surface area contributed by atoms with Crippen molar-refractivity contribution >= 4 is 17.5 Å². The number of aromatic nitrogens is 2. The molecule has 1 aliphatic heterocycles. The second-order valence-electron chi connectivity index (χ2n) is 10.5. The number of primary amides is 1. The van der Waals surface area contributed by atoms with E-state index in [2.05, 4.69) is 38.9 Å². The van der Waals surface area contributed by atoms with Gasteiger partial charge in [0.15, 0.2) is 11.6 Å². The van der Waals surface area contributed by atoms with E-state index in [1.54, 1.807) is 0 Å². The van der Waals surface area contributed by atoms with Crippen LogP contribution in [0.2, 0.25) is 0 Å². The van der Waals surface area contributed by atoms with Gasteiger partial charge in [0, 0.05) is 25.7 Å². The summed E-state index contributed by atoms with van der Waals surface area (Å²) in [5, 5.41) is 3.27. The van der Waals surface area contributed by atoms with Gasteiger partial charge in [0.1, 0.15) is 6.33 Å². The molecule has 178 valence electrons. The number of carbonyl (C=O) groups excluding carboxylic acids is 1. The number of hydrogen-bond donors (Lipinski definition) is 2. The number of nitrogens with zero attached hydrogens (tertiary/aromatic N) is 4. The Bertz CT molecular complexity index is 780. The molecule has 0 spiro atoms. The fourth-order valence-corrected chi connectivity index (χ4v) is 5.44. The average Bonchev–Trinajstić information content (AvgIpc) is 3.59. The Morgan fingerprint density at radius 2 is 1.94 bits per heavy atom. The van der Waals surface area contributed by atoms with Gasteiger partial charge in [-0.05, 0) is 62.3 Å². The highest BCUT2D eigenvalue weighted by Crippen LogP contribution is 2.37. The fraction of sp³-hybridized carbons (Fsp3) is 0.792. The van der Waals surface area contributed by atoms with Gasteiger partial charge in [-0.25, -0.2) is 9.97 Å². The summed E-state index contributed by atoms with van der Waals surface area (Å²) in [6.45, 7) is 8.07. The Labute approximate surface area is 191 Å². The zero-order valence-corrected chi connectivity index (χ0v) is 19.6. The molecule has 2 aliphatic carbocycles. The minimum Gasteiger partial charge on any atom is -0.369 e. The summed E-state index contributed by atoms with van der Waals surface area (Å²) >= 11 is 0. The van der Waals surface area contributed by atoms with Gasteiger partial charge in [-0.2, -0.15) is 4.39 Å². The molecule has 1 aromatic heterocycles. The maximum atomic E-state index is 15.5. The first kappa shape index (κ1) is 23.2. The number of likely N-dealkylation sites (tertiary alicyclic amines) is 1. The van der Waals surface area contributed by atoms with Crippen LogP contribution < -0.4 is 16.0 Å². The molecule has 1 amide bonds. The molecule has 4 rings (SSSR count). The Morgan fingerprint density at radius 3 is 2.59 bits per heavy atom. The van der Waals surface area contributed by atoms with Crippen LogP contribution in [0.25, 0.3) is 0 Å². The molecule has 8 heteroatoms. The summed E-state index contributed by atoms with van der Waals surface area (Å²) in [5.41, 5.74) is 5.33. The first-order valence-corrected chi connectivity index (χ1v) is 12.4. The van der Waals surface area contributed by atoms with Gasteiger partial charge in [-0.15, -0.1) is 0 Å². The Kier molecular flexibility index (Phi) is 7.48. The number of rotatable bonds is 9. The summed E-state index contributed by atoms with van der Waals surface area (Å²) in [7, 11) is 0. The molecule has 0 bridgehead atoms. The maximum Gasteiger partial charge on any atom is 0.231 e. The van der Waals surface area contributed by atoms with E-state index in [9.17, 15) is 4.79 Å². The van der Waals surface area contributed by atoms with Crippen molar-refractivity contribution in [3.05, 3.63) is 12.1 Å². The molecule has 2 saturated carbocycles. The van der Waals surface area contributed by atoms with E-state index < -0.39 is 0 Å². The molecular formula is C24H39FN6O. The topological polar surface area (TPSA) is 87.4 Å². The van der Waals surface area contributed by atoms with E-state index in [1.807, 2.05) is 0 Å². The lowest BCUT2D eigenvalue weighted by Gasteiger charge is -2.36. The van der Waals surface area contributed by atoms with Crippen molar-refractivity contribution in [3.63, 3.8) is 0 Å². The van der Waals surface area contributed by atoms with Gasteiger partial charge in [0.25, 0.3) is 0 Å². The lowest BCUT2D eigenvalue weighted by Crippen LogP contribution is -2.45. The van der Waals surface area contributed by atoms with E-state index in [0.29, 0.717) is 48.5 Å². The molecule has 2 heterocycles. The predicted molar refractivity (Wildman–Crippen MR) is 125 cm³/mol. The van der Waals surface area contributed by atoms with Gasteiger partial charge in [0.05, 0.1) is 6.54 Å². The summed E-state index contributed by atoms with van der Waals surface area (Å²) < 4.78 is 15.5. The molecule has 2 atom stereocenters. The Hall–Kier alpha value is -1.96. The van der Waals surface area contributed by atoms with E-state index >= 15 is 4.39 Å². The number of nitrogens with two attached hydrogens (primary N) is 1. The molecule has 0 unspecified atom stereocenters. The number of carbonyl (C=O) groups is 1. The zero-order chi connectivity index (χ0) is 22.7. The molecule has 3 aliphatic rings. The second-order valence-corrected chi connectivity index (χ2v) is 10.5. The highest BCUT2D eigenvalue weighted by molar-refractivity contribution is 5.75. The van der Waals surface area contributed by atoms with Crippen molar-refractivity contribution in [2.24, 2.45) is 29.4 Å². The van der Waals surface area contributed by atoms with Crippen molar-refractivity contribution in [3.8, 4) is 0 Å². The molecule has 7 nitrogen and oxygen atoms in total. The van der Waals surface area contributed by atoms with Crippen LogP contribution in [-0.2, 0) is 4.79 Å². The molecular weight excluding hydrogens is 407 g/mol. The van der Waals surface area contributed by atoms with Crippen LogP contribution in [0.4, 0.5) is 16.0 Å². The monoisotopic (exact) mass is 446 g/mol. The summed E-state index contributed by atoms with van der Waals surface area (Å²) in [4.78, 5) is 24.1. The number of halogens is 1. The van der Waals surface area contributed by atoms with Crippen molar-refractivity contribution in [2.45, 2.75) is 64.8 Å². The second kappa shape index (κ2) is 10.3. The fourth-order valence-electron chi connectivity index (χ4n) is 5.44. The van der Waals surface area contributed by atoms with Crippen LogP contribution in [-0.4, -0.2) is 59.5 Å². The summed E-state index contributed by atoms with van der Waals surface area (Å²) in [6.07, 6.45) is 9.71. The van der Waals surface area contributed by atoms with Crippen LogP contribution >= 0.6 is 0 Å². The first-order valence-electron chi connectivity index (χ1n) is 12.4. The minimum atomic E-state index is -0.317. The lowest BCUT2D eigenvalue weighted by molar-refractivity contribution is -0.119. The zero-order valence-electron chi connectivity index (χ0n) is 19.6. The van der Waals surface area contributed by atoms with Crippen molar-refractivity contribution < 1.29 is 9.18 Å². The lowest BCUT2D eigenvalue weighted by atomic mass is 9.83. The summed E-state index contributed by atoms with van der Waals surface area (Å²) in [5.74, 6) is 2.42. The molecule has 0 aromatic carbocycles. The van der Waals surface area contributed by atoms with Gasteiger partial charge in [0.2, 0.25) is 11.7 Å². The third kappa shape index (κ3) is 5.88. The standard InChI is InChI=1S/C24H39FN6O/c1-16-3-5-18(6-4-16)13-31(20-7-8-20)24-22(25)23(28-15-29-24)27-11-19-9-10-30(12-17(19)2)14-21(26)32/h15-20H,3-14H2,1-2H3,(H2,26,32)(H,27,28,29)/t16-,17-,18-,19+/m1/s1. The van der Waals surface area contributed by atoms with E-state index in [0.717, 1.165) is 44.8 Å². The molecule has 0 radical (unpaired) electrons. The van der Waals surface area contributed by atoms with Gasteiger partial charge >= 0.3 is 0 Å². The average molecular weight is 447 g/mol. The van der Waals surface area contributed by atoms with Crippen LogP contribution in [0.5, 0.6) is 0 Å². The number of piperidine rings is 1. The van der Waals surface area contributed by atoms with Gasteiger partial charge < -0.3 is 16.0 Å². The van der Waals surface area contributed by atoms with Crippen LogP contribution in [0.1, 0.15) is 58.8 Å². The third-order valence-electron chi connectivity index (χ3n) is 7.70. The van der Waals surface area contributed by atoms with E-state index in [-0.39, 0.29) is 11.7 Å². The molecule has 32 heavy (non-hydrogen) atoms. The Morgan fingerprint density at radius 1 is 1.19 bits per heavy atom. The molecule has 1 aromatic rings. The van der Waals surface area contributed by atoms with Gasteiger partial charge in [-0.1, -0.05) is 26.7 Å². The first-order chi connectivity index (χ1) is 15.4. The quantitative estimate of drug-likeness (QED) is 0.605. The highest BCUT2D eigenvalue weighted by atomic mass is 19.1. The SMILES string of the molecule is C[C@@H]1CN(CC(N)=O)CC[C@H]1CNc1ncnc(N(C[C@H]2CC[C@H](C)CC2)C2CC2)c1F. The Balaban J connectivity index is 1.37. The van der Waals surface area contributed by atoms with E-state index in [1.165, 1.54) is 32.0 Å². The smallest absolute Gasteiger partial charge is 0.231 e. The van der Waals surface area contributed by atoms with Crippen LogP contribution in [0.15, 0.2) is 6.33 Å². The van der Waals surface area contributed by atoms with Crippen LogP contribution in [0, 0.1) is 29.5 Å². The molecule has 3 N–H and O–H groups in total. The third-order valence-corrected chi connectivity index (χ3v) is 7.70. The van der Waals surface area contributed by atoms with Crippen molar-refractivity contribution in [1.82, 2.24) is 14.9 Å². The largest absolute Gasteiger partial charge is 0.369 e. The maximum absolute atomic E-state index is 15.5. The van der Waals surface area contributed by atoms with Gasteiger partial charge in [-0.3, -0.25) is 9.69 Å².